The number of likely N-dealkylation sites (tertiary alicyclic amines) is 1. The third-order valence-corrected chi connectivity index (χ3v) is 5.38. The van der Waals surface area contributed by atoms with Crippen molar-refractivity contribution in [3.05, 3.63) is 54.0 Å². The van der Waals surface area contributed by atoms with Crippen molar-refractivity contribution in [1.29, 1.82) is 0 Å². The Morgan fingerprint density at radius 2 is 2.00 bits per heavy atom. The van der Waals surface area contributed by atoms with Crippen molar-refractivity contribution in [2.75, 3.05) is 44.2 Å². The molecular formula is C22H27FN4O2. The van der Waals surface area contributed by atoms with Gasteiger partial charge in [-0.25, -0.2) is 9.37 Å². The lowest BCUT2D eigenvalue weighted by atomic mass is 10.1. The van der Waals surface area contributed by atoms with Crippen LogP contribution in [0.4, 0.5) is 10.2 Å². The highest BCUT2D eigenvalue weighted by Crippen LogP contribution is 2.21. The molecule has 0 spiro atoms. The minimum atomic E-state index is -0.323. The highest BCUT2D eigenvalue weighted by atomic mass is 19.1. The predicted octanol–water partition coefficient (Wildman–Crippen LogP) is 2.70. The van der Waals surface area contributed by atoms with E-state index >= 15 is 0 Å². The molecule has 0 aliphatic carbocycles. The molecule has 0 unspecified atom stereocenters. The van der Waals surface area contributed by atoms with E-state index in [9.17, 15) is 9.18 Å². The first-order chi connectivity index (χ1) is 14.2. The minimum absolute atomic E-state index is 0.0765. The number of halogens is 1. The van der Waals surface area contributed by atoms with E-state index < -0.39 is 0 Å². The van der Waals surface area contributed by atoms with Gasteiger partial charge in [0, 0.05) is 32.2 Å². The molecule has 0 saturated carbocycles. The molecule has 2 fully saturated rings. The van der Waals surface area contributed by atoms with Crippen molar-refractivity contribution >= 4 is 11.7 Å². The second-order valence-electron chi connectivity index (χ2n) is 7.56. The standard InChI is InChI=1S/C22H27FN4O2/c23-17-5-1-6-18(15-17)29-19-7-3-12-27(16-19)22(28)20-8-2-9-21(25-20)26-13-4-10-24-11-14-26/h1-2,5-6,8-9,15,19,24H,3-4,7,10-14,16H2/t19-/m1/s1. The number of nitrogens with zero attached hydrogens (tertiary/aromatic N) is 3. The summed E-state index contributed by atoms with van der Waals surface area (Å²) in [7, 11) is 0. The number of pyridine rings is 1. The third-order valence-electron chi connectivity index (χ3n) is 5.38. The largest absolute Gasteiger partial charge is 0.488 e. The monoisotopic (exact) mass is 398 g/mol. The molecule has 1 aromatic heterocycles. The van der Waals surface area contributed by atoms with Crippen LogP contribution >= 0.6 is 0 Å². The SMILES string of the molecule is O=C(c1cccc(N2CCCNCC2)n1)N1CCC[C@@H](Oc2cccc(F)c2)C1. The molecule has 4 rings (SSSR count). The number of anilines is 1. The van der Waals surface area contributed by atoms with Gasteiger partial charge < -0.3 is 19.9 Å². The number of hydrogen-bond acceptors (Lipinski definition) is 5. The van der Waals surface area contributed by atoms with E-state index in [1.807, 2.05) is 12.1 Å². The third kappa shape index (κ3) is 5.03. The van der Waals surface area contributed by atoms with Gasteiger partial charge in [-0.3, -0.25) is 4.79 Å². The molecular weight excluding hydrogens is 371 g/mol. The molecule has 0 bridgehead atoms. The maximum Gasteiger partial charge on any atom is 0.272 e. The summed E-state index contributed by atoms with van der Waals surface area (Å²) in [5, 5.41) is 3.38. The van der Waals surface area contributed by atoms with Crippen LogP contribution in [-0.4, -0.2) is 61.2 Å². The van der Waals surface area contributed by atoms with Crippen molar-refractivity contribution in [3.8, 4) is 5.75 Å². The fourth-order valence-corrected chi connectivity index (χ4v) is 3.91. The summed E-state index contributed by atoms with van der Waals surface area (Å²) in [6, 6.07) is 11.8. The van der Waals surface area contributed by atoms with E-state index in [4.69, 9.17) is 4.74 Å². The number of hydrogen-bond donors (Lipinski definition) is 1. The van der Waals surface area contributed by atoms with Crippen molar-refractivity contribution in [3.63, 3.8) is 0 Å². The first-order valence-corrected chi connectivity index (χ1v) is 10.3. The van der Waals surface area contributed by atoms with E-state index in [1.54, 1.807) is 23.1 Å². The Labute approximate surface area is 170 Å². The maximum absolute atomic E-state index is 13.4. The Kier molecular flexibility index (Phi) is 6.24. The zero-order chi connectivity index (χ0) is 20.1. The molecule has 2 aliphatic heterocycles. The molecule has 1 atom stereocenters. The number of benzene rings is 1. The molecule has 3 heterocycles. The van der Waals surface area contributed by atoms with Crippen LogP contribution in [0.1, 0.15) is 29.8 Å². The van der Waals surface area contributed by atoms with Crippen molar-refractivity contribution < 1.29 is 13.9 Å². The summed E-state index contributed by atoms with van der Waals surface area (Å²) in [4.78, 5) is 21.7. The first-order valence-electron chi connectivity index (χ1n) is 10.3. The Hall–Kier alpha value is -2.67. The molecule has 1 aromatic carbocycles. The van der Waals surface area contributed by atoms with Gasteiger partial charge in [0.2, 0.25) is 0 Å². The summed E-state index contributed by atoms with van der Waals surface area (Å²) in [6.45, 7) is 4.92. The molecule has 6 nitrogen and oxygen atoms in total. The van der Waals surface area contributed by atoms with Crippen LogP contribution in [0.5, 0.6) is 5.75 Å². The first kappa shape index (κ1) is 19.6. The number of amides is 1. The fourth-order valence-electron chi connectivity index (χ4n) is 3.91. The maximum atomic E-state index is 13.4. The van der Waals surface area contributed by atoms with Crippen molar-refractivity contribution in [2.24, 2.45) is 0 Å². The van der Waals surface area contributed by atoms with Gasteiger partial charge in [-0.15, -0.1) is 0 Å². The zero-order valence-electron chi connectivity index (χ0n) is 16.5. The van der Waals surface area contributed by atoms with Gasteiger partial charge in [-0.05, 0) is 50.1 Å². The van der Waals surface area contributed by atoms with E-state index in [1.165, 1.54) is 12.1 Å². The topological polar surface area (TPSA) is 57.7 Å². The summed E-state index contributed by atoms with van der Waals surface area (Å²) in [6.07, 6.45) is 2.61. The summed E-state index contributed by atoms with van der Waals surface area (Å²) in [5.41, 5.74) is 0.464. The zero-order valence-corrected chi connectivity index (χ0v) is 16.5. The van der Waals surface area contributed by atoms with Gasteiger partial charge in [0.15, 0.2) is 0 Å². The quantitative estimate of drug-likeness (QED) is 0.858. The Bertz CT molecular complexity index is 839. The predicted molar refractivity (Wildman–Crippen MR) is 110 cm³/mol. The Morgan fingerprint density at radius 1 is 1.10 bits per heavy atom. The Balaban J connectivity index is 1.42. The van der Waals surface area contributed by atoms with Gasteiger partial charge in [0.25, 0.3) is 5.91 Å². The Morgan fingerprint density at radius 3 is 2.90 bits per heavy atom. The summed E-state index contributed by atoms with van der Waals surface area (Å²) >= 11 is 0. The lowest BCUT2D eigenvalue weighted by Crippen LogP contribution is -2.44. The summed E-state index contributed by atoms with van der Waals surface area (Å²) < 4.78 is 19.3. The van der Waals surface area contributed by atoms with Gasteiger partial charge in [-0.1, -0.05) is 12.1 Å². The van der Waals surface area contributed by atoms with Crippen LogP contribution in [0.15, 0.2) is 42.5 Å². The van der Waals surface area contributed by atoms with Crippen molar-refractivity contribution in [2.45, 2.75) is 25.4 Å². The van der Waals surface area contributed by atoms with E-state index in [2.05, 4.69) is 15.2 Å². The van der Waals surface area contributed by atoms with E-state index in [-0.39, 0.29) is 17.8 Å². The normalized spacial score (nSPS) is 20.2. The number of rotatable bonds is 4. The molecule has 0 radical (unpaired) electrons. The van der Waals surface area contributed by atoms with Gasteiger partial charge in [0.1, 0.15) is 29.2 Å². The molecule has 154 valence electrons. The number of carbonyl (C=O) groups excluding carboxylic acids is 1. The number of nitrogens with one attached hydrogen (secondary N) is 1. The van der Waals surface area contributed by atoms with Crippen molar-refractivity contribution in [1.82, 2.24) is 15.2 Å². The molecule has 1 N–H and O–H groups in total. The average Bonchev–Trinajstić information content (AvgIpc) is 3.03. The van der Waals surface area contributed by atoms with Crippen LogP contribution in [-0.2, 0) is 0 Å². The highest BCUT2D eigenvalue weighted by Gasteiger charge is 2.27. The number of carbonyl (C=O) groups is 1. The lowest BCUT2D eigenvalue weighted by molar-refractivity contribution is 0.0532. The smallest absolute Gasteiger partial charge is 0.272 e. The fraction of sp³-hybridized carbons (Fsp3) is 0.455. The van der Waals surface area contributed by atoms with E-state index in [0.717, 1.165) is 51.3 Å². The van der Waals surface area contributed by atoms with Crippen LogP contribution in [0, 0.1) is 5.82 Å². The lowest BCUT2D eigenvalue weighted by Gasteiger charge is -2.33. The number of ether oxygens (including phenoxy) is 1. The van der Waals surface area contributed by atoms with Gasteiger partial charge in [-0.2, -0.15) is 0 Å². The molecule has 2 aliphatic rings. The van der Waals surface area contributed by atoms with Crippen LogP contribution in [0.25, 0.3) is 0 Å². The molecule has 7 heteroatoms. The molecule has 29 heavy (non-hydrogen) atoms. The van der Waals surface area contributed by atoms with Gasteiger partial charge >= 0.3 is 0 Å². The van der Waals surface area contributed by atoms with Crippen LogP contribution in [0.2, 0.25) is 0 Å². The number of piperidine rings is 1. The van der Waals surface area contributed by atoms with Gasteiger partial charge in [0.05, 0.1) is 6.54 Å². The average molecular weight is 398 g/mol. The highest BCUT2D eigenvalue weighted by molar-refractivity contribution is 5.92. The summed E-state index contributed by atoms with van der Waals surface area (Å²) in [5.74, 6) is 0.951. The minimum Gasteiger partial charge on any atom is -0.488 e. The van der Waals surface area contributed by atoms with E-state index in [0.29, 0.717) is 24.5 Å². The van der Waals surface area contributed by atoms with Crippen LogP contribution in [0.3, 0.4) is 0 Å². The second-order valence-corrected chi connectivity index (χ2v) is 7.56. The molecule has 2 aromatic rings. The number of aromatic nitrogens is 1. The molecule has 2 saturated heterocycles. The molecule has 1 amide bonds. The second kappa shape index (κ2) is 9.22. The van der Waals surface area contributed by atoms with Crippen LogP contribution < -0.4 is 15.0 Å².